The highest BCUT2D eigenvalue weighted by molar-refractivity contribution is 5.93. The average Bonchev–Trinajstić information content (AvgIpc) is 3.23. The normalized spacial score (nSPS) is 19.2. The lowest BCUT2D eigenvalue weighted by molar-refractivity contribution is 0.0607. The maximum atomic E-state index is 4.62. The third kappa shape index (κ3) is 3.45. The molecule has 1 N–H and O–H groups in total. The minimum absolute atomic E-state index is 0.439. The number of fused-ring (bicyclic) bond motifs is 2. The molecule has 0 unspecified atom stereocenters. The summed E-state index contributed by atoms with van der Waals surface area (Å²) in [6.45, 7) is 7.66. The zero-order valence-electron chi connectivity index (χ0n) is 18.8. The van der Waals surface area contributed by atoms with Crippen molar-refractivity contribution >= 4 is 27.5 Å². The fourth-order valence-electron chi connectivity index (χ4n) is 6.01. The zero-order chi connectivity index (χ0) is 21.5. The molecule has 4 aromatic rings. The predicted molar refractivity (Wildman–Crippen MR) is 131 cm³/mol. The van der Waals surface area contributed by atoms with Gasteiger partial charge in [0.05, 0.1) is 5.69 Å². The summed E-state index contributed by atoms with van der Waals surface area (Å²) >= 11 is 0. The number of para-hydroxylation sites is 1. The number of aryl methyl sites for hydroxylation is 1. The van der Waals surface area contributed by atoms with Crippen molar-refractivity contribution in [2.75, 3.05) is 31.1 Å². The Morgan fingerprint density at radius 2 is 1.62 bits per heavy atom. The Hall–Kier alpha value is -2.92. The largest absolute Gasteiger partial charge is 0.361 e. The lowest BCUT2D eigenvalue weighted by Gasteiger charge is -2.48. The molecule has 0 amide bonds. The lowest BCUT2D eigenvalue weighted by Crippen LogP contribution is -2.49. The smallest absolute Gasteiger partial charge is 0.159 e. The van der Waals surface area contributed by atoms with Crippen LogP contribution in [0, 0.1) is 12.3 Å². The van der Waals surface area contributed by atoms with Gasteiger partial charge in [-0.2, -0.15) is 5.10 Å². The van der Waals surface area contributed by atoms with Crippen LogP contribution in [0.25, 0.3) is 21.7 Å². The van der Waals surface area contributed by atoms with E-state index in [0.717, 1.165) is 31.1 Å². The van der Waals surface area contributed by atoms with Crippen molar-refractivity contribution in [3.05, 3.63) is 66.0 Å². The summed E-state index contributed by atoms with van der Waals surface area (Å²) in [7, 11) is 0. The van der Waals surface area contributed by atoms with Gasteiger partial charge in [0.2, 0.25) is 0 Å². The number of aromatic nitrogens is 3. The van der Waals surface area contributed by atoms with Crippen LogP contribution in [0.5, 0.6) is 0 Å². The van der Waals surface area contributed by atoms with Crippen molar-refractivity contribution in [2.45, 2.75) is 39.2 Å². The number of nitrogens with one attached hydrogen (secondary N) is 1. The zero-order valence-corrected chi connectivity index (χ0v) is 18.8. The van der Waals surface area contributed by atoms with Crippen molar-refractivity contribution in [3.8, 4) is 0 Å². The highest BCUT2D eigenvalue weighted by Gasteiger charge is 2.39. The summed E-state index contributed by atoms with van der Waals surface area (Å²) in [5.74, 6) is 1.06. The van der Waals surface area contributed by atoms with Crippen LogP contribution < -0.4 is 4.90 Å². The van der Waals surface area contributed by atoms with Gasteiger partial charge in [-0.1, -0.05) is 42.5 Å². The molecule has 1 spiro atoms. The summed E-state index contributed by atoms with van der Waals surface area (Å²) in [6.07, 6.45) is 7.33. The number of anilines is 1. The quantitative estimate of drug-likeness (QED) is 0.484. The molecule has 2 fully saturated rings. The average molecular weight is 426 g/mol. The van der Waals surface area contributed by atoms with Gasteiger partial charge in [-0.25, -0.2) is 0 Å². The Balaban J connectivity index is 1.17. The van der Waals surface area contributed by atoms with E-state index in [1.165, 1.54) is 66.0 Å². The number of aromatic amines is 1. The predicted octanol–water partition coefficient (Wildman–Crippen LogP) is 5.30. The topological polar surface area (TPSA) is 48.1 Å². The minimum Gasteiger partial charge on any atom is -0.361 e. The van der Waals surface area contributed by atoms with E-state index in [9.17, 15) is 0 Å². The van der Waals surface area contributed by atoms with Crippen LogP contribution in [-0.4, -0.2) is 46.3 Å². The second kappa shape index (κ2) is 7.89. The van der Waals surface area contributed by atoms with E-state index in [-0.39, 0.29) is 0 Å². The van der Waals surface area contributed by atoms with Gasteiger partial charge >= 0.3 is 0 Å². The summed E-state index contributed by atoms with van der Waals surface area (Å²) in [5, 5.41) is 12.9. The number of benzene rings is 2. The minimum atomic E-state index is 0.439. The molecule has 2 aliphatic heterocycles. The lowest BCUT2D eigenvalue weighted by atomic mass is 9.72. The molecule has 32 heavy (non-hydrogen) atoms. The Morgan fingerprint density at radius 1 is 0.875 bits per heavy atom. The van der Waals surface area contributed by atoms with E-state index in [4.69, 9.17) is 0 Å². The van der Waals surface area contributed by atoms with E-state index < -0.39 is 0 Å². The highest BCUT2D eigenvalue weighted by atomic mass is 15.3. The Morgan fingerprint density at radius 3 is 2.47 bits per heavy atom. The van der Waals surface area contributed by atoms with Gasteiger partial charge in [-0.05, 0) is 56.2 Å². The highest BCUT2D eigenvalue weighted by Crippen LogP contribution is 2.42. The Kier molecular flexibility index (Phi) is 4.87. The van der Waals surface area contributed by atoms with Crippen LogP contribution >= 0.6 is 0 Å². The molecule has 0 radical (unpaired) electrons. The second-order valence-electron chi connectivity index (χ2n) is 9.82. The molecular weight excluding hydrogens is 394 g/mol. The Labute approximate surface area is 189 Å². The fourth-order valence-corrected chi connectivity index (χ4v) is 6.01. The molecule has 2 aliphatic rings. The van der Waals surface area contributed by atoms with E-state index in [1.807, 2.05) is 0 Å². The standard InChI is InChI=1S/C27H31N5/c1-20-22-7-2-3-9-24(22)26(30-29-20)32-15-12-27(13-16-32)11-6-14-31(19-27)18-21-17-28-25-10-5-4-8-23(21)25/h2-5,7-10,17,28H,6,11-16,18-19H2,1H3. The number of rotatable bonds is 3. The molecule has 4 heterocycles. The molecule has 2 saturated heterocycles. The van der Waals surface area contributed by atoms with Crippen LogP contribution in [-0.2, 0) is 6.54 Å². The van der Waals surface area contributed by atoms with Crippen molar-refractivity contribution in [3.63, 3.8) is 0 Å². The molecule has 2 aromatic heterocycles. The van der Waals surface area contributed by atoms with Crippen LogP contribution in [0.15, 0.2) is 54.7 Å². The molecule has 0 atom stereocenters. The van der Waals surface area contributed by atoms with Crippen LogP contribution in [0.3, 0.4) is 0 Å². The summed E-state index contributed by atoms with van der Waals surface area (Å²) in [6, 6.07) is 17.2. The van der Waals surface area contributed by atoms with Crippen LogP contribution in [0.2, 0.25) is 0 Å². The molecule has 0 saturated carbocycles. The molecule has 164 valence electrons. The van der Waals surface area contributed by atoms with Gasteiger partial charge in [0.15, 0.2) is 5.82 Å². The summed E-state index contributed by atoms with van der Waals surface area (Å²) < 4.78 is 0. The molecule has 2 aromatic carbocycles. The van der Waals surface area contributed by atoms with E-state index in [0.29, 0.717) is 5.41 Å². The molecule has 6 rings (SSSR count). The molecular formula is C27H31N5. The summed E-state index contributed by atoms with van der Waals surface area (Å²) in [5.41, 5.74) is 4.12. The molecule has 0 aliphatic carbocycles. The first-order chi connectivity index (χ1) is 15.7. The van der Waals surface area contributed by atoms with Crippen molar-refractivity contribution in [2.24, 2.45) is 5.41 Å². The van der Waals surface area contributed by atoms with E-state index in [1.54, 1.807) is 0 Å². The Bertz CT molecular complexity index is 1250. The van der Waals surface area contributed by atoms with E-state index in [2.05, 4.69) is 86.6 Å². The number of hydrogen-bond acceptors (Lipinski definition) is 4. The third-order valence-electron chi connectivity index (χ3n) is 7.79. The first-order valence-corrected chi connectivity index (χ1v) is 12.0. The molecule has 5 nitrogen and oxygen atoms in total. The summed E-state index contributed by atoms with van der Waals surface area (Å²) in [4.78, 5) is 8.61. The van der Waals surface area contributed by atoms with Crippen LogP contribution in [0.4, 0.5) is 5.82 Å². The first kappa shape index (κ1) is 19.7. The third-order valence-corrected chi connectivity index (χ3v) is 7.79. The molecule has 5 heteroatoms. The van der Waals surface area contributed by atoms with Crippen molar-refractivity contribution in [1.82, 2.24) is 20.1 Å². The number of H-pyrrole nitrogens is 1. The number of hydrogen-bond donors (Lipinski definition) is 1. The maximum absolute atomic E-state index is 4.62. The van der Waals surface area contributed by atoms with Gasteiger partial charge in [0.1, 0.15) is 0 Å². The number of likely N-dealkylation sites (tertiary alicyclic amines) is 1. The number of nitrogens with zero attached hydrogens (tertiary/aromatic N) is 4. The number of piperidine rings is 2. The van der Waals surface area contributed by atoms with Gasteiger partial charge in [0, 0.05) is 54.1 Å². The van der Waals surface area contributed by atoms with Gasteiger partial charge < -0.3 is 9.88 Å². The van der Waals surface area contributed by atoms with Gasteiger partial charge in [-0.3, -0.25) is 4.90 Å². The van der Waals surface area contributed by atoms with Crippen molar-refractivity contribution in [1.29, 1.82) is 0 Å². The van der Waals surface area contributed by atoms with Gasteiger partial charge in [0.25, 0.3) is 0 Å². The SMILES string of the molecule is Cc1nnc(N2CCC3(CCCN(Cc4c[nH]c5ccccc45)C3)CC2)c2ccccc12. The fraction of sp³-hybridized carbons (Fsp3) is 0.407. The van der Waals surface area contributed by atoms with Crippen LogP contribution in [0.1, 0.15) is 36.9 Å². The van der Waals surface area contributed by atoms with Gasteiger partial charge in [-0.15, -0.1) is 5.10 Å². The van der Waals surface area contributed by atoms with E-state index >= 15 is 0 Å². The first-order valence-electron chi connectivity index (χ1n) is 12.0. The maximum Gasteiger partial charge on any atom is 0.159 e. The second-order valence-corrected chi connectivity index (χ2v) is 9.82. The molecule has 0 bridgehead atoms. The van der Waals surface area contributed by atoms with Crippen molar-refractivity contribution < 1.29 is 0 Å². The monoisotopic (exact) mass is 425 g/mol.